The molecule has 0 amide bonds. The zero-order valence-electron chi connectivity index (χ0n) is 19.9. The van der Waals surface area contributed by atoms with Crippen molar-refractivity contribution in [1.29, 1.82) is 0 Å². The summed E-state index contributed by atoms with van der Waals surface area (Å²) in [5, 5.41) is 22.3. The molecule has 0 bridgehead atoms. The predicted octanol–water partition coefficient (Wildman–Crippen LogP) is 3.66. The molecular formula is C26H28FN5O4S. The van der Waals surface area contributed by atoms with E-state index in [1.165, 1.54) is 42.8 Å². The molecule has 5 rings (SSSR count). The van der Waals surface area contributed by atoms with Crippen molar-refractivity contribution in [2.45, 2.75) is 29.8 Å². The molecule has 11 heteroatoms. The maximum absolute atomic E-state index is 14.2. The lowest BCUT2D eigenvalue weighted by atomic mass is 10.1. The molecule has 1 aliphatic rings. The monoisotopic (exact) mass is 525 g/mol. The van der Waals surface area contributed by atoms with E-state index in [2.05, 4.69) is 20.2 Å². The summed E-state index contributed by atoms with van der Waals surface area (Å²) in [5.41, 5.74) is 8.01. The van der Waals surface area contributed by atoms with Crippen molar-refractivity contribution in [1.82, 2.24) is 15.5 Å². The number of hydrogen-bond donors (Lipinski definition) is 5. The molecular weight excluding hydrogens is 497 g/mol. The van der Waals surface area contributed by atoms with Gasteiger partial charge in [0.2, 0.25) is 0 Å². The van der Waals surface area contributed by atoms with Gasteiger partial charge in [-0.05, 0) is 54.8 Å². The van der Waals surface area contributed by atoms with E-state index in [-0.39, 0.29) is 17.9 Å². The Morgan fingerprint density at radius 2 is 1.97 bits per heavy atom. The first kappa shape index (κ1) is 25.0. The number of aromatic nitrogens is 2. The first-order valence-electron chi connectivity index (χ1n) is 12.0. The Kier molecular flexibility index (Phi) is 7.00. The summed E-state index contributed by atoms with van der Waals surface area (Å²) in [7, 11) is -4.20. The third kappa shape index (κ3) is 5.68. The molecule has 1 aliphatic carbocycles. The molecule has 1 saturated carbocycles. The number of nitrogens with two attached hydrogens (primary N) is 1. The first-order chi connectivity index (χ1) is 17.8. The van der Waals surface area contributed by atoms with E-state index in [4.69, 9.17) is 10.5 Å². The summed E-state index contributed by atoms with van der Waals surface area (Å²) < 4.78 is 47.6. The van der Waals surface area contributed by atoms with Gasteiger partial charge in [0.05, 0.1) is 17.3 Å². The Morgan fingerprint density at radius 3 is 2.78 bits per heavy atom. The van der Waals surface area contributed by atoms with E-state index in [9.17, 15) is 17.9 Å². The highest BCUT2D eigenvalue weighted by molar-refractivity contribution is 7.92. The van der Waals surface area contributed by atoms with Crippen LogP contribution >= 0.6 is 0 Å². The topological polar surface area (TPSA) is 142 Å². The summed E-state index contributed by atoms with van der Waals surface area (Å²) in [6.07, 6.45) is 1.52. The average Bonchev–Trinajstić information content (AvgIpc) is 3.64. The minimum Gasteiger partial charge on any atom is -0.492 e. The highest BCUT2D eigenvalue weighted by Crippen LogP contribution is 2.42. The number of nitrogen functional groups attached to an aromatic ring is 1. The van der Waals surface area contributed by atoms with Crippen LogP contribution in [-0.2, 0) is 10.0 Å². The second kappa shape index (κ2) is 10.4. The van der Waals surface area contributed by atoms with Gasteiger partial charge >= 0.3 is 0 Å². The second-order valence-electron chi connectivity index (χ2n) is 9.05. The minimum absolute atomic E-state index is 0.195. The predicted molar refractivity (Wildman–Crippen MR) is 139 cm³/mol. The molecule has 1 aromatic heterocycles. The quantitative estimate of drug-likeness (QED) is 0.149. The highest BCUT2D eigenvalue weighted by atomic mass is 32.2. The summed E-state index contributed by atoms with van der Waals surface area (Å²) in [6.45, 7) is 1.11. The number of nitrogens with one attached hydrogen (secondary N) is 3. The number of halogens is 1. The van der Waals surface area contributed by atoms with Crippen LogP contribution in [0, 0.1) is 5.82 Å². The van der Waals surface area contributed by atoms with Gasteiger partial charge in [-0.15, -0.1) is 0 Å². The van der Waals surface area contributed by atoms with Crippen LogP contribution in [0.4, 0.5) is 15.8 Å². The van der Waals surface area contributed by atoms with Crippen molar-refractivity contribution < 1.29 is 22.7 Å². The molecule has 0 spiro atoms. The van der Waals surface area contributed by atoms with Gasteiger partial charge in [0.25, 0.3) is 10.0 Å². The molecule has 0 aliphatic heterocycles. The Hall–Kier alpha value is -3.67. The average molecular weight is 526 g/mol. The van der Waals surface area contributed by atoms with Gasteiger partial charge in [0, 0.05) is 41.8 Å². The highest BCUT2D eigenvalue weighted by Gasteiger charge is 2.27. The lowest BCUT2D eigenvalue weighted by Crippen LogP contribution is -2.26. The van der Waals surface area contributed by atoms with Crippen LogP contribution in [0.15, 0.2) is 65.6 Å². The van der Waals surface area contributed by atoms with Crippen LogP contribution in [0.3, 0.4) is 0 Å². The number of rotatable bonds is 11. The normalized spacial score (nSPS) is 14.5. The molecule has 1 fully saturated rings. The van der Waals surface area contributed by atoms with Crippen LogP contribution in [0.25, 0.3) is 10.9 Å². The summed E-state index contributed by atoms with van der Waals surface area (Å²) in [4.78, 5) is -0.546. The van der Waals surface area contributed by atoms with Crippen molar-refractivity contribution in [3.63, 3.8) is 0 Å². The number of benzene rings is 3. The van der Waals surface area contributed by atoms with Crippen molar-refractivity contribution in [2.75, 3.05) is 30.2 Å². The number of hydrogen-bond acceptors (Lipinski definition) is 7. The van der Waals surface area contributed by atoms with Gasteiger partial charge < -0.3 is 20.9 Å². The van der Waals surface area contributed by atoms with Crippen molar-refractivity contribution in [3.8, 4) is 5.75 Å². The molecule has 6 N–H and O–H groups in total. The number of H-pyrrole nitrogens is 1. The maximum atomic E-state index is 14.2. The van der Waals surface area contributed by atoms with Gasteiger partial charge in [-0.1, -0.05) is 18.2 Å². The molecule has 3 aromatic carbocycles. The third-order valence-corrected chi connectivity index (χ3v) is 7.63. The number of nitrogens with zero attached hydrogens (tertiary/aromatic N) is 1. The van der Waals surface area contributed by atoms with Gasteiger partial charge in [-0.3, -0.25) is 9.82 Å². The lowest BCUT2D eigenvalue weighted by molar-refractivity contribution is 0.172. The number of aromatic amines is 1. The molecule has 194 valence electrons. The van der Waals surface area contributed by atoms with E-state index in [0.29, 0.717) is 24.6 Å². The molecule has 1 unspecified atom stereocenters. The van der Waals surface area contributed by atoms with Gasteiger partial charge in [-0.2, -0.15) is 5.10 Å². The molecule has 1 heterocycles. The van der Waals surface area contributed by atoms with E-state index in [1.807, 2.05) is 18.2 Å². The minimum atomic E-state index is -4.20. The van der Waals surface area contributed by atoms with Crippen LogP contribution in [0.1, 0.15) is 36.1 Å². The number of fused-ring (bicyclic) bond motifs is 1. The largest absolute Gasteiger partial charge is 0.492 e. The summed E-state index contributed by atoms with van der Waals surface area (Å²) in [5.74, 6) is 0.310. The SMILES string of the molecule is Nc1cccc(S(=O)(=O)Nc2cccc(C(O)CNCCOc3ccc4c(C5CC5)[nH]nc4c3)c2)c1F. The zero-order chi connectivity index (χ0) is 26.0. The molecule has 0 radical (unpaired) electrons. The zero-order valence-corrected chi connectivity index (χ0v) is 20.8. The lowest BCUT2D eigenvalue weighted by Gasteiger charge is -2.15. The third-order valence-electron chi connectivity index (χ3n) is 6.23. The van der Waals surface area contributed by atoms with Crippen LogP contribution in [-0.4, -0.2) is 43.4 Å². The number of sulfonamides is 1. The number of ether oxygens (including phenoxy) is 1. The van der Waals surface area contributed by atoms with Crippen molar-refractivity contribution in [2.24, 2.45) is 0 Å². The summed E-state index contributed by atoms with van der Waals surface area (Å²) >= 11 is 0. The Balaban J connectivity index is 1.12. The van der Waals surface area contributed by atoms with Gasteiger partial charge in [0.1, 0.15) is 17.3 Å². The smallest absolute Gasteiger partial charge is 0.264 e. The Labute approximate surface area is 213 Å². The fourth-order valence-corrected chi connectivity index (χ4v) is 5.30. The van der Waals surface area contributed by atoms with E-state index in [0.717, 1.165) is 22.7 Å². The molecule has 9 nitrogen and oxygen atoms in total. The molecule has 0 saturated heterocycles. The summed E-state index contributed by atoms with van der Waals surface area (Å²) in [6, 6.07) is 16.0. The van der Waals surface area contributed by atoms with Gasteiger partial charge in [-0.25, -0.2) is 12.8 Å². The van der Waals surface area contributed by atoms with Crippen molar-refractivity contribution >= 4 is 32.3 Å². The molecule has 4 aromatic rings. The van der Waals surface area contributed by atoms with Gasteiger partial charge in [0.15, 0.2) is 5.82 Å². The fourth-order valence-electron chi connectivity index (χ4n) is 4.14. The van der Waals surface area contributed by atoms with E-state index >= 15 is 0 Å². The molecule has 1 atom stereocenters. The fraction of sp³-hybridized carbons (Fsp3) is 0.269. The van der Waals surface area contributed by atoms with E-state index in [1.54, 1.807) is 12.1 Å². The standard InChI is InChI=1S/C26H28FN5O4S/c27-25-21(28)5-2-6-24(25)37(34,35)32-18-4-1-3-17(13-18)23(33)15-29-11-12-36-19-9-10-20-22(14-19)30-31-26(20)16-7-8-16/h1-6,9-10,13-14,16,23,29,32-33H,7-8,11-12,15,28H2,(H,30,31). The second-order valence-corrected chi connectivity index (χ2v) is 10.7. The number of anilines is 2. The van der Waals surface area contributed by atoms with Crippen molar-refractivity contribution in [3.05, 3.63) is 77.7 Å². The number of aliphatic hydroxyl groups is 1. The first-order valence-corrected chi connectivity index (χ1v) is 13.5. The van der Waals surface area contributed by atoms with Crippen LogP contribution < -0.4 is 20.5 Å². The number of aliphatic hydroxyl groups excluding tert-OH is 1. The van der Waals surface area contributed by atoms with Crippen LogP contribution in [0.2, 0.25) is 0 Å². The van der Waals surface area contributed by atoms with Crippen LogP contribution in [0.5, 0.6) is 5.75 Å². The maximum Gasteiger partial charge on any atom is 0.264 e. The van der Waals surface area contributed by atoms with E-state index < -0.39 is 26.8 Å². The molecule has 37 heavy (non-hydrogen) atoms. The Morgan fingerprint density at radius 1 is 1.16 bits per heavy atom. The Bertz CT molecular complexity index is 1520.